The Bertz CT molecular complexity index is 389. The van der Waals surface area contributed by atoms with Gasteiger partial charge in [0.25, 0.3) is 0 Å². The molecule has 0 saturated carbocycles. The van der Waals surface area contributed by atoms with Crippen molar-refractivity contribution in [3.05, 3.63) is 0 Å². The number of rotatable bonds is 7. The third kappa shape index (κ3) is 5.46. The van der Waals surface area contributed by atoms with Crippen molar-refractivity contribution in [1.29, 1.82) is 0 Å². The molecule has 7 heteroatoms. The molecule has 1 saturated heterocycles. The fraction of sp³-hybridized carbons (Fsp3) is 0.917. The number of amides is 1. The third-order valence-electron chi connectivity index (χ3n) is 3.30. The average molecular weight is 291 g/mol. The topological polar surface area (TPSA) is 92.5 Å². The Kier molecular flexibility index (Phi) is 6.22. The average Bonchev–Trinajstić information content (AvgIpc) is 2.34. The van der Waals surface area contributed by atoms with E-state index in [-0.39, 0.29) is 18.3 Å². The lowest BCUT2D eigenvalue weighted by atomic mass is 10.1. The Morgan fingerprint density at radius 3 is 2.63 bits per heavy atom. The van der Waals surface area contributed by atoms with Gasteiger partial charge in [-0.25, -0.2) is 8.42 Å². The zero-order valence-electron chi connectivity index (χ0n) is 11.8. The molecule has 1 unspecified atom stereocenters. The molecule has 3 N–H and O–H groups in total. The van der Waals surface area contributed by atoms with Crippen LogP contribution in [0.4, 0.5) is 0 Å². The van der Waals surface area contributed by atoms with Gasteiger partial charge in [0.2, 0.25) is 15.9 Å². The summed E-state index contributed by atoms with van der Waals surface area (Å²) in [5, 5.41) is 3.17. The summed E-state index contributed by atoms with van der Waals surface area (Å²) in [5.74, 6) is -0.206. The van der Waals surface area contributed by atoms with Gasteiger partial charge in [-0.15, -0.1) is 0 Å². The number of piperidine rings is 1. The summed E-state index contributed by atoms with van der Waals surface area (Å²) in [5.41, 5.74) is 5.19. The van der Waals surface area contributed by atoms with Gasteiger partial charge in [-0.3, -0.25) is 4.79 Å². The van der Waals surface area contributed by atoms with E-state index in [1.807, 2.05) is 13.8 Å². The molecule has 0 aromatic rings. The maximum atomic E-state index is 12.4. The molecule has 1 aliphatic heterocycles. The van der Waals surface area contributed by atoms with Crippen LogP contribution in [-0.2, 0) is 14.8 Å². The number of primary amides is 1. The third-order valence-corrected chi connectivity index (χ3v) is 5.19. The molecule has 1 atom stereocenters. The zero-order chi connectivity index (χ0) is 14.5. The van der Waals surface area contributed by atoms with Gasteiger partial charge in [-0.1, -0.05) is 13.8 Å². The van der Waals surface area contributed by atoms with Crippen LogP contribution < -0.4 is 11.1 Å². The molecule has 1 rings (SSSR count). The number of hydrogen-bond donors (Lipinski definition) is 2. The molecule has 0 aliphatic carbocycles. The van der Waals surface area contributed by atoms with Crippen LogP contribution in [0.1, 0.15) is 33.1 Å². The number of hydrogen-bond acceptors (Lipinski definition) is 4. The molecule has 1 aliphatic rings. The van der Waals surface area contributed by atoms with Crippen molar-refractivity contribution in [2.24, 2.45) is 11.7 Å². The quantitative estimate of drug-likeness (QED) is 0.685. The summed E-state index contributed by atoms with van der Waals surface area (Å²) >= 11 is 0. The molecular formula is C12H25N3O3S. The molecule has 19 heavy (non-hydrogen) atoms. The van der Waals surface area contributed by atoms with Crippen LogP contribution in [0.15, 0.2) is 0 Å². The van der Waals surface area contributed by atoms with Gasteiger partial charge in [0.1, 0.15) is 0 Å². The van der Waals surface area contributed by atoms with Gasteiger partial charge in [-0.2, -0.15) is 4.31 Å². The SMILES string of the molecule is CC(C)CCS(=O)(=O)N(CC(N)=O)C1CCCNC1. The molecule has 6 nitrogen and oxygen atoms in total. The molecule has 1 amide bonds. The smallest absolute Gasteiger partial charge is 0.232 e. The van der Waals surface area contributed by atoms with Crippen molar-refractivity contribution in [3.63, 3.8) is 0 Å². The normalized spacial score (nSPS) is 20.9. The Morgan fingerprint density at radius 1 is 1.47 bits per heavy atom. The van der Waals surface area contributed by atoms with Gasteiger partial charge in [0, 0.05) is 12.6 Å². The molecule has 0 aromatic heterocycles. The molecule has 0 aromatic carbocycles. The van der Waals surface area contributed by atoms with Crippen molar-refractivity contribution in [1.82, 2.24) is 9.62 Å². The van der Waals surface area contributed by atoms with Crippen LogP contribution in [0.3, 0.4) is 0 Å². The van der Waals surface area contributed by atoms with E-state index in [4.69, 9.17) is 5.73 Å². The Labute approximate surface area is 115 Å². The van der Waals surface area contributed by atoms with Crippen molar-refractivity contribution in [2.45, 2.75) is 39.2 Å². The standard InChI is InChI=1S/C12H25N3O3S/c1-10(2)5-7-19(17,18)15(9-12(13)16)11-4-3-6-14-8-11/h10-11,14H,3-9H2,1-2H3,(H2,13,16). The van der Waals surface area contributed by atoms with Gasteiger partial charge in [0.15, 0.2) is 0 Å². The first-order chi connectivity index (χ1) is 8.83. The number of carbonyl (C=O) groups excluding carboxylic acids is 1. The molecule has 1 heterocycles. The number of sulfonamides is 1. The van der Waals surface area contributed by atoms with Crippen LogP contribution in [0.5, 0.6) is 0 Å². The van der Waals surface area contributed by atoms with Crippen LogP contribution in [0.2, 0.25) is 0 Å². The lowest BCUT2D eigenvalue weighted by Crippen LogP contribution is -2.52. The Morgan fingerprint density at radius 2 is 2.16 bits per heavy atom. The Balaban J connectivity index is 2.79. The van der Waals surface area contributed by atoms with E-state index < -0.39 is 15.9 Å². The highest BCUT2D eigenvalue weighted by Crippen LogP contribution is 2.16. The van der Waals surface area contributed by atoms with Crippen molar-refractivity contribution in [3.8, 4) is 0 Å². The summed E-state index contributed by atoms with van der Waals surface area (Å²) in [6, 6.07) is -0.154. The van der Waals surface area contributed by atoms with Crippen molar-refractivity contribution < 1.29 is 13.2 Å². The maximum absolute atomic E-state index is 12.4. The molecule has 1 fully saturated rings. The first-order valence-corrected chi connectivity index (χ1v) is 8.42. The van der Waals surface area contributed by atoms with Crippen LogP contribution in [0, 0.1) is 5.92 Å². The predicted molar refractivity (Wildman–Crippen MR) is 75.0 cm³/mol. The van der Waals surface area contributed by atoms with Gasteiger partial charge in [0.05, 0.1) is 12.3 Å². The summed E-state index contributed by atoms with van der Waals surface area (Å²) in [6.07, 6.45) is 2.29. The first kappa shape index (κ1) is 16.4. The van der Waals surface area contributed by atoms with E-state index in [2.05, 4.69) is 5.32 Å². The van der Waals surface area contributed by atoms with Gasteiger partial charge >= 0.3 is 0 Å². The highest BCUT2D eigenvalue weighted by molar-refractivity contribution is 7.89. The molecule has 112 valence electrons. The highest BCUT2D eigenvalue weighted by atomic mass is 32.2. The van der Waals surface area contributed by atoms with Crippen LogP contribution in [-0.4, -0.2) is 50.1 Å². The maximum Gasteiger partial charge on any atom is 0.232 e. The van der Waals surface area contributed by atoms with Gasteiger partial charge < -0.3 is 11.1 Å². The summed E-state index contributed by atoms with van der Waals surface area (Å²) in [6.45, 7) is 5.24. The van der Waals surface area contributed by atoms with E-state index in [0.717, 1.165) is 19.4 Å². The summed E-state index contributed by atoms with van der Waals surface area (Å²) in [4.78, 5) is 11.1. The number of carbonyl (C=O) groups is 1. The fourth-order valence-corrected chi connectivity index (χ4v) is 4.15. The molecular weight excluding hydrogens is 266 g/mol. The lowest BCUT2D eigenvalue weighted by Gasteiger charge is -2.33. The fourth-order valence-electron chi connectivity index (χ4n) is 2.19. The summed E-state index contributed by atoms with van der Waals surface area (Å²) in [7, 11) is -3.42. The highest BCUT2D eigenvalue weighted by Gasteiger charge is 2.31. The molecule has 0 spiro atoms. The number of nitrogens with one attached hydrogen (secondary N) is 1. The van der Waals surface area contributed by atoms with E-state index in [1.54, 1.807) is 0 Å². The Hall–Kier alpha value is -0.660. The van der Waals surface area contributed by atoms with E-state index >= 15 is 0 Å². The van der Waals surface area contributed by atoms with Crippen LogP contribution >= 0.6 is 0 Å². The minimum atomic E-state index is -3.42. The van der Waals surface area contributed by atoms with Crippen molar-refractivity contribution >= 4 is 15.9 Å². The predicted octanol–water partition coefficient (Wildman–Crippen LogP) is -0.0984. The summed E-state index contributed by atoms with van der Waals surface area (Å²) < 4.78 is 26.0. The van der Waals surface area contributed by atoms with Gasteiger partial charge in [-0.05, 0) is 31.7 Å². The monoisotopic (exact) mass is 291 g/mol. The molecule has 0 bridgehead atoms. The molecule has 0 radical (unpaired) electrons. The second-order valence-electron chi connectivity index (χ2n) is 5.51. The minimum Gasteiger partial charge on any atom is -0.369 e. The largest absolute Gasteiger partial charge is 0.369 e. The number of nitrogens with two attached hydrogens (primary N) is 1. The van der Waals surface area contributed by atoms with E-state index in [1.165, 1.54) is 4.31 Å². The van der Waals surface area contributed by atoms with Crippen LogP contribution in [0.25, 0.3) is 0 Å². The van der Waals surface area contributed by atoms with Crippen molar-refractivity contribution in [2.75, 3.05) is 25.4 Å². The van der Waals surface area contributed by atoms with E-state index in [9.17, 15) is 13.2 Å². The zero-order valence-corrected chi connectivity index (χ0v) is 12.6. The first-order valence-electron chi connectivity index (χ1n) is 6.81. The second kappa shape index (κ2) is 7.21. The number of nitrogens with zero attached hydrogens (tertiary/aromatic N) is 1. The van der Waals surface area contributed by atoms with E-state index in [0.29, 0.717) is 18.9 Å². The minimum absolute atomic E-state index is 0.0778. The second-order valence-corrected chi connectivity index (χ2v) is 7.55. The lowest BCUT2D eigenvalue weighted by molar-refractivity contribution is -0.118.